The van der Waals surface area contributed by atoms with Gasteiger partial charge in [-0.1, -0.05) is 35.3 Å². The number of nitrogen functional groups attached to an aromatic ring is 1. The Morgan fingerprint density at radius 2 is 1.95 bits per heavy atom. The predicted molar refractivity (Wildman–Crippen MR) is 80.2 cm³/mol. The van der Waals surface area contributed by atoms with Crippen LogP contribution in [-0.4, -0.2) is 9.55 Å². The molecule has 0 radical (unpaired) electrons. The van der Waals surface area contributed by atoms with Crippen molar-refractivity contribution in [1.82, 2.24) is 9.55 Å². The lowest BCUT2D eigenvalue weighted by molar-refractivity contribution is 1.11. The van der Waals surface area contributed by atoms with Gasteiger partial charge in [-0.05, 0) is 36.8 Å². The second-order valence-electron chi connectivity index (χ2n) is 4.34. The maximum atomic E-state index is 6.24. The van der Waals surface area contributed by atoms with E-state index in [-0.39, 0.29) is 0 Å². The van der Waals surface area contributed by atoms with Crippen LogP contribution in [0, 0.1) is 6.92 Å². The molecule has 0 aliphatic rings. The summed E-state index contributed by atoms with van der Waals surface area (Å²) in [7, 11) is 0. The zero-order valence-electron chi connectivity index (χ0n) is 10.2. The van der Waals surface area contributed by atoms with E-state index in [0.717, 1.165) is 22.3 Å². The summed E-state index contributed by atoms with van der Waals surface area (Å²) in [6.45, 7) is 2.00. The average molecular weight is 292 g/mol. The van der Waals surface area contributed by atoms with Gasteiger partial charge in [0, 0.05) is 5.02 Å². The summed E-state index contributed by atoms with van der Waals surface area (Å²) in [6.07, 6.45) is 0. The minimum absolute atomic E-state index is 0.411. The number of halogens is 2. The van der Waals surface area contributed by atoms with Gasteiger partial charge in [-0.15, -0.1) is 0 Å². The van der Waals surface area contributed by atoms with E-state index < -0.39 is 0 Å². The first kappa shape index (κ1) is 12.3. The molecule has 0 spiro atoms. The Hall–Kier alpha value is -1.71. The third-order valence-corrected chi connectivity index (χ3v) is 3.60. The van der Waals surface area contributed by atoms with Gasteiger partial charge in [0.25, 0.3) is 0 Å². The van der Waals surface area contributed by atoms with Crippen LogP contribution in [0.3, 0.4) is 0 Å². The van der Waals surface area contributed by atoms with Crippen LogP contribution < -0.4 is 5.73 Å². The molecule has 5 heteroatoms. The van der Waals surface area contributed by atoms with Gasteiger partial charge in [0.2, 0.25) is 5.95 Å². The summed E-state index contributed by atoms with van der Waals surface area (Å²) in [6, 6.07) is 11.3. The number of aromatic nitrogens is 2. The van der Waals surface area contributed by atoms with Crippen LogP contribution in [0.5, 0.6) is 0 Å². The highest BCUT2D eigenvalue weighted by atomic mass is 35.5. The standard InChI is InChI=1S/C14H11Cl2N3/c1-8-3-2-4-12-13(8)18-14(17)19(12)11-6-5-9(15)7-10(11)16/h2-7H,1H3,(H2,17,18). The number of imidazole rings is 1. The van der Waals surface area contributed by atoms with Crippen molar-refractivity contribution in [3.63, 3.8) is 0 Å². The van der Waals surface area contributed by atoms with Gasteiger partial charge in [-0.2, -0.15) is 0 Å². The first-order chi connectivity index (χ1) is 9.08. The maximum absolute atomic E-state index is 6.24. The molecule has 3 rings (SSSR count). The fourth-order valence-electron chi connectivity index (χ4n) is 2.17. The van der Waals surface area contributed by atoms with Crippen molar-refractivity contribution >= 4 is 40.2 Å². The molecule has 0 aliphatic carbocycles. The molecule has 0 bridgehead atoms. The Morgan fingerprint density at radius 1 is 1.16 bits per heavy atom. The molecular formula is C14H11Cl2N3. The highest BCUT2D eigenvalue weighted by molar-refractivity contribution is 6.35. The number of aryl methyl sites for hydroxylation is 1. The van der Waals surface area contributed by atoms with E-state index in [2.05, 4.69) is 4.98 Å². The lowest BCUT2D eigenvalue weighted by Crippen LogP contribution is -2.01. The van der Waals surface area contributed by atoms with E-state index in [0.29, 0.717) is 16.0 Å². The number of para-hydroxylation sites is 1. The van der Waals surface area contributed by atoms with Crippen LogP contribution in [0.1, 0.15) is 5.56 Å². The Balaban J connectivity index is 2.36. The molecule has 0 atom stereocenters. The van der Waals surface area contributed by atoms with E-state index in [1.54, 1.807) is 12.1 Å². The summed E-state index contributed by atoms with van der Waals surface area (Å²) < 4.78 is 1.83. The van der Waals surface area contributed by atoms with E-state index in [4.69, 9.17) is 28.9 Å². The normalized spacial score (nSPS) is 11.1. The fraction of sp³-hybridized carbons (Fsp3) is 0.0714. The lowest BCUT2D eigenvalue weighted by atomic mass is 10.2. The third kappa shape index (κ3) is 1.95. The fourth-order valence-corrected chi connectivity index (χ4v) is 2.67. The molecule has 0 saturated heterocycles. The molecule has 2 aromatic carbocycles. The van der Waals surface area contributed by atoms with Crippen LogP contribution >= 0.6 is 23.2 Å². The average Bonchev–Trinajstić information content (AvgIpc) is 2.68. The summed E-state index contributed by atoms with van der Waals surface area (Å²) >= 11 is 12.2. The monoisotopic (exact) mass is 291 g/mol. The molecule has 19 heavy (non-hydrogen) atoms. The number of anilines is 1. The molecule has 0 fully saturated rings. The van der Waals surface area contributed by atoms with E-state index in [1.165, 1.54) is 0 Å². The molecule has 1 aromatic heterocycles. The van der Waals surface area contributed by atoms with Crippen molar-refractivity contribution in [3.05, 3.63) is 52.0 Å². The molecule has 2 N–H and O–H groups in total. The minimum atomic E-state index is 0.411. The van der Waals surface area contributed by atoms with Crippen LogP contribution in [0.15, 0.2) is 36.4 Å². The quantitative estimate of drug-likeness (QED) is 0.729. The molecule has 1 heterocycles. The molecule has 96 valence electrons. The zero-order valence-corrected chi connectivity index (χ0v) is 11.7. The molecule has 3 nitrogen and oxygen atoms in total. The highest BCUT2D eigenvalue weighted by Crippen LogP contribution is 2.30. The van der Waals surface area contributed by atoms with Crippen molar-refractivity contribution in [2.24, 2.45) is 0 Å². The summed E-state index contributed by atoms with van der Waals surface area (Å²) in [5.74, 6) is 0.411. The predicted octanol–water partition coefficient (Wildman–Crippen LogP) is 4.22. The molecule has 0 saturated carbocycles. The van der Waals surface area contributed by atoms with Crippen molar-refractivity contribution in [1.29, 1.82) is 0 Å². The zero-order chi connectivity index (χ0) is 13.6. The van der Waals surface area contributed by atoms with Crippen LogP contribution in [-0.2, 0) is 0 Å². The molecule has 0 unspecified atom stereocenters. The minimum Gasteiger partial charge on any atom is -0.369 e. The number of hydrogen-bond acceptors (Lipinski definition) is 2. The Kier molecular flexibility index (Phi) is 2.88. The SMILES string of the molecule is Cc1cccc2c1nc(N)n2-c1ccc(Cl)cc1Cl. The third-order valence-electron chi connectivity index (χ3n) is 3.06. The van der Waals surface area contributed by atoms with Crippen molar-refractivity contribution in [2.75, 3.05) is 5.73 Å². The van der Waals surface area contributed by atoms with Gasteiger partial charge >= 0.3 is 0 Å². The topological polar surface area (TPSA) is 43.8 Å². The van der Waals surface area contributed by atoms with Gasteiger partial charge in [0.15, 0.2) is 0 Å². The van der Waals surface area contributed by atoms with Crippen molar-refractivity contribution in [2.45, 2.75) is 6.92 Å². The van der Waals surface area contributed by atoms with Gasteiger partial charge in [0.05, 0.1) is 21.7 Å². The van der Waals surface area contributed by atoms with E-state index >= 15 is 0 Å². The lowest BCUT2D eigenvalue weighted by Gasteiger charge is -2.09. The number of fused-ring (bicyclic) bond motifs is 1. The first-order valence-electron chi connectivity index (χ1n) is 5.77. The number of benzene rings is 2. The smallest absolute Gasteiger partial charge is 0.205 e. The summed E-state index contributed by atoms with van der Waals surface area (Å²) in [5.41, 5.74) is 9.69. The molecule has 3 aromatic rings. The summed E-state index contributed by atoms with van der Waals surface area (Å²) in [4.78, 5) is 4.40. The number of nitrogens with two attached hydrogens (primary N) is 1. The molecular weight excluding hydrogens is 281 g/mol. The van der Waals surface area contributed by atoms with Crippen molar-refractivity contribution in [3.8, 4) is 5.69 Å². The van der Waals surface area contributed by atoms with E-state index in [1.807, 2.05) is 35.8 Å². The second-order valence-corrected chi connectivity index (χ2v) is 5.19. The van der Waals surface area contributed by atoms with Crippen LogP contribution in [0.25, 0.3) is 16.7 Å². The second kappa shape index (κ2) is 4.44. The number of hydrogen-bond donors (Lipinski definition) is 1. The molecule has 0 amide bonds. The maximum Gasteiger partial charge on any atom is 0.205 e. The number of nitrogens with zero attached hydrogens (tertiary/aromatic N) is 2. The van der Waals surface area contributed by atoms with Gasteiger partial charge in [-0.3, -0.25) is 4.57 Å². The van der Waals surface area contributed by atoms with Crippen LogP contribution in [0.2, 0.25) is 10.0 Å². The highest BCUT2D eigenvalue weighted by Gasteiger charge is 2.13. The van der Waals surface area contributed by atoms with Crippen LogP contribution in [0.4, 0.5) is 5.95 Å². The van der Waals surface area contributed by atoms with Gasteiger partial charge in [-0.25, -0.2) is 4.98 Å². The summed E-state index contributed by atoms with van der Waals surface area (Å²) in [5, 5.41) is 1.13. The molecule has 0 aliphatic heterocycles. The Morgan fingerprint density at radius 3 is 2.68 bits per heavy atom. The van der Waals surface area contributed by atoms with Crippen molar-refractivity contribution < 1.29 is 0 Å². The van der Waals surface area contributed by atoms with E-state index in [9.17, 15) is 0 Å². The first-order valence-corrected chi connectivity index (χ1v) is 6.52. The number of rotatable bonds is 1. The van der Waals surface area contributed by atoms with Gasteiger partial charge in [0.1, 0.15) is 0 Å². The van der Waals surface area contributed by atoms with Gasteiger partial charge < -0.3 is 5.73 Å². The Labute approximate surface area is 120 Å². The Bertz CT molecular complexity index is 778. The largest absolute Gasteiger partial charge is 0.369 e.